The number of nitrogens with one attached hydrogen (secondary N) is 1. The molecule has 1 aromatic carbocycles. The van der Waals surface area contributed by atoms with Crippen molar-refractivity contribution in [3.8, 4) is 5.75 Å². The number of hydrogen-bond donors (Lipinski definition) is 1. The SMILES string of the molecule is CCCCC[C@@](C)(OC)C(=O)Nc1ccc(OC)cc1. The Morgan fingerprint density at radius 2 is 1.85 bits per heavy atom. The molecule has 0 radical (unpaired) electrons. The normalized spacial score (nSPS) is 13.6. The fourth-order valence-electron chi connectivity index (χ4n) is 1.96. The molecule has 0 aliphatic rings. The van der Waals surface area contributed by atoms with Crippen LogP contribution in [0.1, 0.15) is 39.5 Å². The quantitative estimate of drug-likeness (QED) is 0.739. The third kappa shape index (κ3) is 4.53. The Hall–Kier alpha value is -1.55. The molecule has 0 aliphatic heterocycles. The molecule has 0 aliphatic carbocycles. The lowest BCUT2D eigenvalue weighted by atomic mass is 9.97. The summed E-state index contributed by atoms with van der Waals surface area (Å²) in [4.78, 5) is 12.3. The molecule has 4 heteroatoms. The van der Waals surface area contributed by atoms with Crippen LogP contribution in [0.25, 0.3) is 0 Å². The first kappa shape index (κ1) is 16.5. The van der Waals surface area contributed by atoms with Crippen LogP contribution in [0.2, 0.25) is 0 Å². The molecule has 1 atom stereocenters. The zero-order valence-corrected chi connectivity index (χ0v) is 12.9. The molecule has 1 amide bonds. The Kier molecular flexibility index (Phi) is 6.52. The highest BCUT2D eigenvalue weighted by Crippen LogP contribution is 2.22. The third-order valence-corrected chi connectivity index (χ3v) is 3.54. The van der Waals surface area contributed by atoms with Crippen molar-refractivity contribution in [1.82, 2.24) is 0 Å². The van der Waals surface area contributed by atoms with Gasteiger partial charge < -0.3 is 14.8 Å². The minimum atomic E-state index is -0.783. The standard InChI is InChI=1S/C16H25NO3/c1-5-6-7-12-16(2,20-4)15(18)17-13-8-10-14(19-3)11-9-13/h8-11H,5-7,12H2,1-4H3,(H,17,18)/t16-/m1/s1. The van der Waals surface area contributed by atoms with Crippen molar-refractivity contribution in [1.29, 1.82) is 0 Å². The van der Waals surface area contributed by atoms with E-state index in [9.17, 15) is 4.79 Å². The highest BCUT2D eigenvalue weighted by molar-refractivity contribution is 5.97. The third-order valence-electron chi connectivity index (χ3n) is 3.54. The molecular formula is C16H25NO3. The summed E-state index contributed by atoms with van der Waals surface area (Å²) in [6.07, 6.45) is 3.94. The first-order valence-electron chi connectivity index (χ1n) is 7.06. The summed E-state index contributed by atoms with van der Waals surface area (Å²) in [5.74, 6) is 0.654. The molecule has 0 saturated heterocycles. The van der Waals surface area contributed by atoms with Crippen molar-refractivity contribution in [2.24, 2.45) is 0 Å². The maximum Gasteiger partial charge on any atom is 0.256 e. The monoisotopic (exact) mass is 279 g/mol. The zero-order valence-electron chi connectivity index (χ0n) is 12.9. The van der Waals surface area contributed by atoms with Gasteiger partial charge in [-0.2, -0.15) is 0 Å². The minimum absolute atomic E-state index is 0.110. The summed E-state index contributed by atoms with van der Waals surface area (Å²) in [6, 6.07) is 7.27. The van der Waals surface area contributed by atoms with Gasteiger partial charge in [0.05, 0.1) is 7.11 Å². The fraction of sp³-hybridized carbons (Fsp3) is 0.562. The van der Waals surface area contributed by atoms with E-state index in [4.69, 9.17) is 9.47 Å². The second-order valence-corrected chi connectivity index (χ2v) is 5.07. The van der Waals surface area contributed by atoms with Gasteiger partial charge in [0.25, 0.3) is 5.91 Å². The summed E-state index contributed by atoms with van der Waals surface area (Å²) in [5.41, 5.74) is -0.0377. The van der Waals surface area contributed by atoms with E-state index in [0.29, 0.717) is 0 Å². The first-order chi connectivity index (χ1) is 9.55. The lowest BCUT2D eigenvalue weighted by molar-refractivity contribution is -0.136. The Labute approximate surface area is 121 Å². The van der Waals surface area contributed by atoms with Gasteiger partial charge in [-0.3, -0.25) is 4.79 Å². The number of methoxy groups -OCH3 is 2. The molecule has 0 bridgehead atoms. The number of hydrogen-bond acceptors (Lipinski definition) is 3. The van der Waals surface area contributed by atoms with Crippen LogP contribution in [0.5, 0.6) is 5.75 Å². The molecule has 112 valence electrons. The Balaban J connectivity index is 2.65. The highest BCUT2D eigenvalue weighted by atomic mass is 16.5. The number of carbonyl (C=O) groups excluding carboxylic acids is 1. The van der Waals surface area contributed by atoms with Crippen LogP contribution in [0.4, 0.5) is 5.69 Å². The van der Waals surface area contributed by atoms with Gasteiger partial charge in [0.15, 0.2) is 0 Å². The summed E-state index contributed by atoms with van der Waals surface area (Å²) in [6.45, 7) is 3.98. The number of rotatable bonds is 8. The van der Waals surface area contributed by atoms with E-state index in [-0.39, 0.29) is 5.91 Å². The molecule has 0 saturated carbocycles. The smallest absolute Gasteiger partial charge is 0.256 e. The first-order valence-corrected chi connectivity index (χ1v) is 7.06. The molecule has 1 N–H and O–H groups in total. The number of unbranched alkanes of at least 4 members (excludes halogenated alkanes) is 2. The highest BCUT2D eigenvalue weighted by Gasteiger charge is 2.32. The number of carbonyl (C=O) groups is 1. The van der Waals surface area contributed by atoms with E-state index in [1.54, 1.807) is 14.2 Å². The molecule has 20 heavy (non-hydrogen) atoms. The van der Waals surface area contributed by atoms with Crippen LogP contribution in [-0.4, -0.2) is 25.7 Å². The van der Waals surface area contributed by atoms with Crippen LogP contribution in [-0.2, 0) is 9.53 Å². The van der Waals surface area contributed by atoms with Crippen molar-refractivity contribution < 1.29 is 14.3 Å². The van der Waals surface area contributed by atoms with E-state index in [0.717, 1.165) is 37.1 Å². The van der Waals surface area contributed by atoms with E-state index >= 15 is 0 Å². The molecule has 0 fully saturated rings. The predicted molar refractivity (Wildman–Crippen MR) is 81.2 cm³/mol. The number of benzene rings is 1. The molecule has 0 spiro atoms. The maximum atomic E-state index is 12.3. The average Bonchev–Trinajstić information content (AvgIpc) is 2.48. The van der Waals surface area contributed by atoms with Gasteiger partial charge in [-0.15, -0.1) is 0 Å². The van der Waals surface area contributed by atoms with Crippen molar-refractivity contribution in [3.05, 3.63) is 24.3 Å². The van der Waals surface area contributed by atoms with Gasteiger partial charge in [-0.1, -0.05) is 26.2 Å². The van der Waals surface area contributed by atoms with Crippen LogP contribution in [0.3, 0.4) is 0 Å². The molecule has 0 aromatic heterocycles. The van der Waals surface area contributed by atoms with Crippen LogP contribution in [0.15, 0.2) is 24.3 Å². The summed E-state index contributed by atoms with van der Waals surface area (Å²) in [5, 5.41) is 2.89. The van der Waals surface area contributed by atoms with E-state index < -0.39 is 5.60 Å². The van der Waals surface area contributed by atoms with Crippen LogP contribution >= 0.6 is 0 Å². The second-order valence-electron chi connectivity index (χ2n) is 5.07. The Morgan fingerprint density at radius 3 is 2.35 bits per heavy atom. The number of anilines is 1. The molecule has 1 aromatic rings. The molecule has 4 nitrogen and oxygen atoms in total. The van der Waals surface area contributed by atoms with Gasteiger partial charge in [-0.05, 0) is 37.6 Å². The fourth-order valence-corrected chi connectivity index (χ4v) is 1.96. The average molecular weight is 279 g/mol. The molecular weight excluding hydrogens is 254 g/mol. The lowest BCUT2D eigenvalue weighted by Gasteiger charge is -2.26. The zero-order chi connectivity index (χ0) is 15.0. The van der Waals surface area contributed by atoms with Crippen molar-refractivity contribution in [2.45, 2.75) is 45.1 Å². The van der Waals surface area contributed by atoms with Gasteiger partial charge in [0.2, 0.25) is 0 Å². The minimum Gasteiger partial charge on any atom is -0.497 e. The Bertz CT molecular complexity index is 416. The number of amides is 1. The lowest BCUT2D eigenvalue weighted by Crippen LogP contribution is -2.41. The van der Waals surface area contributed by atoms with Crippen LogP contribution in [0, 0.1) is 0 Å². The van der Waals surface area contributed by atoms with Crippen molar-refractivity contribution in [3.63, 3.8) is 0 Å². The summed E-state index contributed by atoms with van der Waals surface area (Å²) in [7, 11) is 3.20. The van der Waals surface area contributed by atoms with Gasteiger partial charge in [0, 0.05) is 12.8 Å². The Morgan fingerprint density at radius 1 is 1.20 bits per heavy atom. The van der Waals surface area contributed by atoms with Gasteiger partial charge in [0.1, 0.15) is 11.4 Å². The van der Waals surface area contributed by atoms with E-state index in [1.165, 1.54) is 0 Å². The largest absolute Gasteiger partial charge is 0.497 e. The molecule has 1 rings (SSSR count). The van der Waals surface area contributed by atoms with E-state index in [2.05, 4.69) is 12.2 Å². The molecule has 0 heterocycles. The summed E-state index contributed by atoms with van der Waals surface area (Å²) >= 11 is 0. The number of ether oxygens (including phenoxy) is 2. The van der Waals surface area contributed by atoms with Crippen LogP contribution < -0.4 is 10.1 Å². The van der Waals surface area contributed by atoms with Gasteiger partial charge in [-0.25, -0.2) is 0 Å². The maximum absolute atomic E-state index is 12.3. The predicted octanol–water partition coefficient (Wildman–Crippen LogP) is 3.62. The molecule has 0 unspecified atom stereocenters. The van der Waals surface area contributed by atoms with Gasteiger partial charge >= 0.3 is 0 Å². The van der Waals surface area contributed by atoms with Crippen molar-refractivity contribution >= 4 is 11.6 Å². The topological polar surface area (TPSA) is 47.6 Å². The van der Waals surface area contributed by atoms with Crippen molar-refractivity contribution in [2.75, 3.05) is 19.5 Å². The summed E-state index contributed by atoms with van der Waals surface area (Å²) < 4.78 is 10.5. The van der Waals surface area contributed by atoms with E-state index in [1.807, 2.05) is 31.2 Å². The second kappa shape index (κ2) is 7.90.